The molecular formula is C28H29N5O3. The monoisotopic (exact) mass is 483 g/mol. The summed E-state index contributed by atoms with van der Waals surface area (Å²) >= 11 is 0. The third-order valence-corrected chi connectivity index (χ3v) is 6.85. The molecule has 0 saturated heterocycles. The van der Waals surface area contributed by atoms with Crippen molar-refractivity contribution in [2.24, 2.45) is 0 Å². The summed E-state index contributed by atoms with van der Waals surface area (Å²) in [4.78, 5) is 42.1. The second-order valence-corrected chi connectivity index (χ2v) is 9.00. The summed E-state index contributed by atoms with van der Waals surface area (Å²) in [6, 6.07) is 23.3. The Labute approximate surface area is 208 Å². The highest BCUT2D eigenvalue weighted by atomic mass is 16.2. The van der Waals surface area contributed by atoms with E-state index >= 15 is 0 Å². The van der Waals surface area contributed by atoms with Crippen LogP contribution in [0.1, 0.15) is 40.1 Å². The molecule has 0 saturated carbocycles. The van der Waals surface area contributed by atoms with Crippen molar-refractivity contribution < 1.29 is 4.79 Å². The zero-order valence-corrected chi connectivity index (χ0v) is 20.2. The van der Waals surface area contributed by atoms with Gasteiger partial charge in [0, 0.05) is 31.5 Å². The predicted molar refractivity (Wildman–Crippen MR) is 139 cm³/mol. The second-order valence-electron chi connectivity index (χ2n) is 9.00. The van der Waals surface area contributed by atoms with Crippen LogP contribution in [0.4, 0.5) is 5.82 Å². The molecule has 4 aromatic rings. The molecule has 8 heteroatoms. The lowest BCUT2D eigenvalue weighted by atomic mass is 9.99. The summed E-state index contributed by atoms with van der Waals surface area (Å²) in [7, 11) is 0. The topological polar surface area (TPSA) is 95.3 Å². The maximum atomic E-state index is 13.7. The Morgan fingerprint density at radius 2 is 1.61 bits per heavy atom. The average Bonchev–Trinajstić information content (AvgIpc) is 3.37. The minimum Gasteiger partial charge on any atom is -0.384 e. The number of nitrogens with two attached hydrogens (primary N) is 1. The minimum absolute atomic E-state index is 0.0113. The average molecular weight is 484 g/mol. The molecule has 0 radical (unpaired) electrons. The summed E-state index contributed by atoms with van der Waals surface area (Å²) in [5, 5.41) is 0. The van der Waals surface area contributed by atoms with Gasteiger partial charge in [-0.1, -0.05) is 60.7 Å². The van der Waals surface area contributed by atoms with Crippen LogP contribution in [0.15, 0.2) is 88.6 Å². The van der Waals surface area contributed by atoms with E-state index in [0.29, 0.717) is 6.54 Å². The fourth-order valence-corrected chi connectivity index (χ4v) is 5.06. The summed E-state index contributed by atoms with van der Waals surface area (Å²) in [6.45, 7) is 3.42. The standard InChI is InChI=1S/C28H29N5O3/c1-2-32-27(35)24(26(29)33(28(32)36)18-20-10-5-3-6-11-20)23(34)19-31-17-16-30-15-9-14-22(30)25(31)21-12-7-4-8-13-21/h3-15,25H,2,16-19,29H2,1H3. The van der Waals surface area contributed by atoms with Crippen molar-refractivity contribution >= 4 is 11.6 Å². The summed E-state index contributed by atoms with van der Waals surface area (Å²) in [5.41, 5.74) is 8.11. The maximum Gasteiger partial charge on any atom is 0.332 e. The first-order valence-electron chi connectivity index (χ1n) is 12.1. The van der Waals surface area contributed by atoms with Crippen molar-refractivity contribution in [2.75, 3.05) is 18.8 Å². The zero-order chi connectivity index (χ0) is 25.2. The van der Waals surface area contributed by atoms with Gasteiger partial charge >= 0.3 is 5.69 Å². The van der Waals surface area contributed by atoms with Crippen molar-refractivity contribution in [2.45, 2.75) is 32.6 Å². The van der Waals surface area contributed by atoms with E-state index in [0.717, 1.165) is 27.9 Å². The first kappa shape index (κ1) is 23.6. The second kappa shape index (κ2) is 9.83. The van der Waals surface area contributed by atoms with Gasteiger partial charge in [-0.05, 0) is 30.2 Å². The molecule has 184 valence electrons. The van der Waals surface area contributed by atoms with E-state index in [-0.39, 0.29) is 42.8 Å². The number of hydrogen-bond donors (Lipinski definition) is 1. The Balaban J connectivity index is 1.54. The Hall–Kier alpha value is -4.17. The quantitative estimate of drug-likeness (QED) is 0.408. The van der Waals surface area contributed by atoms with Gasteiger partial charge in [-0.15, -0.1) is 0 Å². The molecule has 2 aromatic heterocycles. The number of carbonyl (C=O) groups is 1. The molecule has 36 heavy (non-hydrogen) atoms. The third-order valence-electron chi connectivity index (χ3n) is 6.85. The van der Waals surface area contributed by atoms with Crippen LogP contribution in [0, 0.1) is 0 Å². The number of hydrogen-bond acceptors (Lipinski definition) is 5. The first-order chi connectivity index (χ1) is 17.5. The van der Waals surface area contributed by atoms with E-state index in [1.807, 2.05) is 72.9 Å². The predicted octanol–water partition coefficient (Wildman–Crippen LogP) is 2.75. The smallest absolute Gasteiger partial charge is 0.332 e. The molecule has 1 atom stereocenters. The van der Waals surface area contributed by atoms with E-state index in [2.05, 4.69) is 15.5 Å². The number of Topliss-reactive ketones (excluding diaryl/α,β-unsaturated/α-hetero) is 1. The van der Waals surface area contributed by atoms with Crippen molar-refractivity contribution in [3.05, 3.63) is 122 Å². The maximum absolute atomic E-state index is 13.7. The zero-order valence-electron chi connectivity index (χ0n) is 20.2. The molecule has 2 N–H and O–H groups in total. The van der Waals surface area contributed by atoms with Crippen LogP contribution in [0.3, 0.4) is 0 Å². The van der Waals surface area contributed by atoms with Gasteiger partial charge in [-0.3, -0.25) is 23.6 Å². The normalized spacial score (nSPS) is 15.5. The lowest BCUT2D eigenvalue weighted by molar-refractivity contribution is 0.0880. The molecule has 0 fully saturated rings. The summed E-state index contributed by atoms with van der Waals surface area (Å²) < 4.78 is 4.60. The highest BCUT2D eigenvalue weighted by Gasteiger charge is 2.32. The lowest BCUT2D eigenvalue weighted by Crippen LogP contribution is -2.46. The van der Waals surface area contributed by atoms with Crippen LogP contribution < -0.4 is 17.0 Å². The number of anilines is 1. The minimum atomic E-state index is -0.633. The van der Waals surface area contributed by atoms with Crippen molar-refractivity contribution in [3.8, 4) is 0 Å². The van der Waals surface area contributed by atoms with Crippen LogP contribution >= 0.6 is 0 Å². The number of nitrogen functional groups attached to an aromatic ring is 1. The van der Waals surface area contributed by atoms with E-state index in [4.69, 9.17) is 5.73 Å². The van der Waals surface area contributed by atoms with Crippen LogP contribution in [-0.4, -0.2) is 37.5 Å². The largest absolute Gasteiger partial charge is 0.384 e. The van der Waals surface area contributed by atoms with E-state index in [1.165, 1.54) is 4.57 Å². The molecular weight excluding hydrogens is 454 g/mol. The molecule has 0 aliphatic carbocycles. The number of nitrogens with zero attached hydrogens (tertiary/aromatic N) is 4. The van der Waals surface area contributed by atoms with E-state index < -0.39 is 11.2 Å². The Morgan fingerprint density at radius 1 is 0.917 bits per heavy atom. The molecule has 2 aromatic carbocycles. The summed E-state index contributed by atoms with van der Waals surface area (Å²) in [5.74, 6) is -0.470. The number of rotatable bonds is 7. The van der Waals surface area contributed by atoms with E-state index in [9.17, 15) is 14.4 Å². The van der Waals surface area contributed by atoms with E-state index in [1.54, 1.807) is 6.92 Å². The summed E-state index contributed by atoms with van der Waals surface area (Å²) in [6.07, 6.45) is 2.04. The van der Waals surface area contributed by atoms with Gasteiger partial charge < -0.3 is 10.3 Å². The van der Waals surface area contributed by atoms with Crippen LogP contribution in [-0.2, 0) is 19.6 Å². The third kappa shape index (κ3) is 4.20. The number of aromatic nitrogens is 3. The molecule has 3 heterocycles. The van der Waals surface area contributed by atoms with Crippen LogP contribution in [0.5, 0.6) is 0 Å². The first-order valence-corrected chi connectivity index (χ1v) is 12.1. The van der Waals surface area contributed by atoms with Gasteiger partial charge in [0.25, 0.3) is 5.56 Å². The molecule has 8 nitrogen and oxygen atoms in total. The van der Waals surface area contributed by atoms with Crippen LogP contribution in [0.25, 0.3) is 0 Å². The molecule has 1 aliphatic rings. The SMILES string of the molecule is CCn1c(=O)c(C(=O)CN2CCn3cccc3C2c2ccccc2)c(N)n(Cc2ccccc2)c1=O. The lowest BCUT2D eigenvalue weighted by Gasteiger charge is -2.37. The highest BCUT2D eigenvalue weighted by molar-refractivity contribution is 6.01. The van der Waals surface area contributed by atoms with Gasteiger partial charge in [0.1, 0.15) is 11.4 Å². The van der Waals surface area contributed by atoms with Gasteiger partial charge in [0.05, 0.1) is 19.1 Å². The molecule has 1 unspecified atom stereocenters. The van der Waals surface area contributed by atoms with Crippen LogP contribution in [0.2, 0.25) is 0 Å². The van der Waals surface area contributed by atoms with Gasteiger partial charge in [-0.2, -0.15) is 0 Å². The van der Waals surface area contributed by atoms with Crippen molar-refractivity contribution in [1.82, 2.24) is 18.6 Å². The number of fused-ring (bicyclic) bond motifs is 1. The van der Waals surface area contributed by atoms with Crippen molar-refractivity contribution in [3.63, 3.8) is 0 Å². The fraction of sp³-hybridized carbons (Fsp3) is 0.250. The van der Waals surface area contributed by atoms with Crippen molar-refractivity contribution in [1.29, 1.82) is 0 Å². The number of ketones is 1. The molecule has 1 aliphatic heterocycles. The Morgan fingerprint density at radius 3 is 2.31 bits per heavy atom. The van der Waals surface area contributed by atoms with Gasteiger partial charge in [0.15, 0.2) is 5.78 Å². The Kier molecular flexibility index (Phi) is 6.43. The molecule has 0 bridgehead atoms. The molecule has 0 spiro atoms. The number of carbonyl (C=O) groups excluding carboxylic acids is 1. The Bertz CT molecular complexity index is 1500. The molecule has 0 amide bonds. The highest BCUT2D eigenvalue weighted by Crippen LogP contribution is 2.32. The fourth-order valence-electron chi connectivity index (χ4n) is 5.06. The number of benzene rings is 2. The molecule has 5 rings (SSSR count). The van der Waals surface area contributed by atoms with Gasteiger partial charge in [0.2, 0.25) is 0 Å². The van der Waals surface area contributed by atoms with Gasteiger partial charge in [-0.25, -0.2) is 4.79 Å².